The van der Waals surface area contributed by atoms with E-state index in [0.29, 0.717) is 12.2 Å². The smallest absolute Gasteiger partial charge is 0.241 e. The van der Waals surface area contributed by atoms with E-state index in [0.717, 1.165) is 12.8 Å². The Morgan fingerprint density at radius 1 is 1.39 bits per heavy atom. The van der Waals surface area contributed by atoms with Crippen molar-refractivity contribution in [2.45, 2.75) is 30.4 Å². The summed E-state index contributed by atoms with van der Waals surface area (Å²) >= 11 is 0. The van der Waals surface area contributed by atoms with Crippen LogP contribution in [0.1, 0.15) is 18.4 Å². The Morgan fingerprint density at radius 3 is 2.83 bits per heavy atom. The van der Waals surface area contributed by atoms with Gasteiger partial charge in [-0.15, -0.1) is 0 Å². The van der Waals surface area contributed by atoms with Crippen molar-refractivity contribution in [2.24, 2.45) is 0 Å². The van der Waals surface area contributed by atoms with Gasteiger partial charge in [0.2, 0.25) is 10.0 Å². The number of sulfonamides is 1. The highest BCUT2D eigenvalue weighted by atomic mass is 32.2. The molecular formula is C12H17NO4S. The zero-order valence-electron chi connectivity index (χ0n) is 10.0. The van der Waals surface area contributed by atoms with Crippen molar-refractivity contribution >= 4 is 10.0 Å². The summed E-state index contributed by atoms with van der Waals surface area (Å²) in [5.41, 5.74) is 0.400. The lowest BCUT2D eigenvalue weighted by Crippen LogP contribution is -2.32. The van der Waals surface area contributed by atoms with Crippen LogP contribution in [0.3, 0.4) is 0 Å². The van der Waals surface area contributed by atoms with Crippen LogP contribution in [0.15, 0.2) is 29.2 Å². The summed E-state index contributed by atoms with van der Waals surface area (Å²) in [6.07, 6.45) is 1.81. The highest BCUT2D eigenvalue weighted by Gasteiger charge is 2.21. The molecule has 0 saturated carbocycles. The first kappa shape index (κ1) is 13.5. The van der Waals surface area contributed by atoms with Crippen LogP contribution < -0.4 is 4.72 Å². The van der Waals surface area contributed by atoms with Crippen molar-refractivity contribution in [3.63, 3.8) is 0 Å². The lowest BCUT2D eigenvalue weighted by molar-refractivity contribution is 0.114. The van der Waals surface area contributed by atoms with Crippen LogP contribution in [0.25, 0.3) is 0 Å². The second-order valence-corrected chi connectivity index (χ2v) is 5.99. The van der Waals surface area contributed by atoms with Gasteiger partial charge in [-0.05, 0) is 24.5 Å². The van der Waals surface area contributed by atoms with Crippen LogP contribution in [0.2, 0.25) is 0 Å². The van der Waals surface area contributed by atoms with Crippen molar-refractivity contribution in [2.75, 3.05) is 13.2 Å². The van der Waals surface area contributed by atoms with E-state index in [1.807, 2.05) is 0 Å². The SMILES string of the molecule is O=S(=O)(NCC1CCCO1)c1ccccc1CO. The van der Waals surface area contributed by atoms with Gasteiger partial charge in [-0.2, -0.15) is 0 Å². The molecule has 0 aromatic heterocycles. The first-order valence-electron chi connectivity index (χ1n) is 5.93. The highest BCUT2D eigenvalue weighted by Crippen LogP contribution is 2.16. The second-order valence-electron chi connectivity index (χ2n) is 4.25. The molecule has 2 N–H and O–H groups in total. The van der Waals surface area contributed by atoms with Crippen LogP contribution in [-0.4, -0.2) is 32.8 Å². The normalized spacial score (nSPS) is 20.2. The lowest BCUT2D eigenvalue weighted by Gasteiger charge is -2.13. The van der Waals surface area contributed by atoms with Crippen molar-refractivity contribution in [3.8, 4) is 0 Å². The quantitative estimate of drug-likeness (QED) is 0.824. The molecule has 1 fully saturated rings. The van der Waals surface area contributed by atoms with Crippen LogP contribution >= 0.6 is 0 Å². The minimum absolute atomic E-state index is 0.0407. The Kier molecular flexibility index (Phi) is 4.34. The topological polar surface area (TPSA) is 75.6 Å². The van der Waals surface area contributed by atoms with Gasteiger partial charge in [-0.25, -0.2) is 13.1 Å². The van der Waals surface area contributed by atoms with Crippen LogP contribution in [0.5, 0.6) is 0 Å². The molecule has 2 rings (SSSR count). The summed E-state index contributed by atoms with van der Waals surface area (Å²) in [5.74, 6) is 0. The minimum atomic E-state index is -3.58. The molecule has 0 aliphatic carbocycles. The summed E-state index contributed by atoms with van der Waals surface area (Å²) in [7, 11) is -3.58. The van der Waals surface area contributed by atoms with E-state index in [4.69, 9.17) is 9.84 Å². The molecule has 0 amide bonds. The maximum Gasteiger partial charge on any atom is 0.241 e. The molecule has 1 unspecified atom stereocenters. The molecule has 100 valence electrons. The number of aliphatic hydroxyl groups excluding tert-OH is 1. The predicted molar refractivity (Wildman–Crippen MR) is 66.5 cm³/mol. The summed E-state index contributed by atoms with van der Waals surface area (Å²) in [6, 6.07) is 6.43. The number of aliphatic hydroxyl groups is 1. The maximum atomic E-state index is 12.1. The van der Waals surface area contributed by atoms with E-state index in [1.54, 1.807) is 18.2 Å². The van der Waals surface area contributed by atoms with E-state index in [-0.39, 0.29) is 24.2 Å². The molecule has 1 aliphatic heterocycles. The van der Waals surface area contributed by atoms with Crippen molar-refractivity contribution < 1.29 is 18.3 Å². The van der Waals surface area contributed by atoms with Gasteiger partial charge in [0.1, 0.15) is 0 Å². The van der Waals surface area contributed by atoms with Gasteiger partial charge in [-0.1, -0.05) is 18.2 Å². The molecule has 1 aromatic carbocycles. The van der Waals surface area contributed by atoms with E-state index in [9.17, 15) is 8.42 Å². The fourth-order valence-electron chi connectivity index (χ4n) is 1.98. The Balaban J connectivity index is 2.09. The fourth-order valence-corrected chi connectivity index (χ4v) is 3.28. The molecule has 1 atom stereocenters. The number of rotatable bonds is 5. The Bertz CT molecular complexity index is 495. The fraction of sp³-hybridized carbons (Fsp3) is 0.500. The number of benzene rings is 1. The first-order chi connectivity index (χ1) is 8.63. The monoisotopic (exact) mass is 271 g/mol. The summed E-state index contributed by atoms with van der Waals surface area (Å²) in [6.45, 7) is 0.679. The summed E-state index contributed by atoms with van der Waals surface area (Å²) in [4.78, 5) is 0.130. The van der Waals surface area contributed by atoms with Gasteiger partial charge in [-0.3, -0.25) is 0 Å². The first-order valence-corrected chi connectivity index (χ1v) is 7.42. The second kappa shape index (κ2) is 5.79. The molecule has 18 heavy (non-hydrogen) atoms. The average molecular weight is 271 g/mol. The molecule has 6 heteroatoms. The zero-order chi connectivity index (χ0) is 13.0. The standard InChI is InChI=1S/C12H17NO4S/c14-9-10-4-1-2-6-12(10)18(15,16)13-8-11-5-3-7-17-11/h1-2,4,6,11,13-14H,3,5,7-9H2. The number of hydrogen-bond acceptors (Lipinski definition) is 4. The summed E-state index contributed by atoms with van der Waals surface area (Å²) in [5, 5.41) is 9.14. The largest absolute Gasteiger partial charge is 0.392 e. The Morgan fingerprint density at radius 2 is 2.17 bits per heavy atom. The minimum Gasteiger partial charge on any atom is -0.392 e. The number of ether oxygens (including phenoxy) is 1. The molecule has 5 nitrogen and oxygen atoms in total. The molecule has 0 bridgehead atoms. The third kappa shape index (κ3) is 3.08. The van der Waals surface area contributed by atoms with Crippen LogP contribution in [0, 0.1) is 0 Å². The van der Waals surface area contributed by atoms with Crippen molar-refractivity contribution in [1.29, 1.82) is 0 Å². The van der Waals surface area contributed by atoms with Gasteiger partial charge in [0, 0.05) is 13.2 Å². The van der Waals surface area contributed by atoms with Crippen LogP contribution in [0.4, 0.5) is 0 Å². The Labute approximate surface area is 107 Å². The highest BCUT2D eigenvalue weighted by molar-refractivity contribution is 7.89. The van der Waals surface area contributed by atoms with E-state index in [2.05, 4.69) is 4.72 Å². The van der Waals surface area contributed by atoms with E-state index in [1.165, 1.54) is 6.07 Å². The van der Waals surface area contributed by atoms with Gasteiger partial charge in [0.25, 0.3) is 0 Å². The molecule has 1 saturated heterocycles. The lowest BCUT2D eigenvalue weighted by atomic mass is 10.2. The Hall–Kier alpha value is -0.950. The van der Waals surface area contributed by atoms with E-state index < -0.39 is 10.0 Å². The van der Waals surface area contributed by atoms with Crippen molar-refractivity contribution in [3.05, 3.63) is 29.8 Å². The maximum absolute atomic E-state index is 12.1. The van der Waals surface area contributed by atoms with E-state index >= 15 is 0 Å². The predicted octanol–water partition coefficient (Wildman–Crippen LogP) is 0.636. The molecule has 1 aliphatic rings. The zero-order valence-corrected chi connectivity index (χ0v) is 10.8. The number of hydrogen-bond donors (Lipinski definition) is 2. The average Bonchev–Trinajstić information content (AvgIpc) is 2.89. The van der Waals surface area contributed by atoms with Gasteiger partial charge < -0.3 is 9.84 Å². The molecule has 0 spiro atoms. The molecule has 1 aromatic rings. The van der Waals surface area contributed by atoms with Gasteiger partial charge >= 0.3 is 0 Å². The summed E-state index contributed by atoms with van der Waals surface area (Å²) < 4.78 is 32.1. The molecule has 0 radical (unpaired) electrons. The van der Waals surface area contributed by atoms with Gasteiger partial charge in [0.05, 0.1) is 17.6 Å². The third-order valence-corrected chi connectivity index (χ3v) is 4.48. The van der Waals surface area contributed by atoms with Crippen molar-refractivity contribution in [1.82, 2.24) is 4.72 Å². The third-order valence-electron chi connectivity index (χ3n) is 2.96. The molecule has 1 heterocycles. The van der Waals surface area contributed by atoms with Gasteiger partial charge in [0.15, 0.2) is 0 Å². The molecular weight excluding hydrogens is 254 g/mol. The van der Waals surface area contributed by atoms with Crippen LogP contribution in [-0.2, 0) is 21.4 Å². The number of nitrogens with one attached hydrogen (secondary N) is 1.